The maximum Gasteiger partial charge on any atom is 0.243 e. The Morgan fingerprint density at radius 1 is 1.10 bits per heavy atom. The van der Waals surface area contributed by atoms with E-state index in [0.717, 1.165) is 17.7 Å². The van der Waals surface area contributed by atoms with Gasteiger partial charge in [-0.3, -0.25) is 4.79 Å². The fourth-order valence-electron chi connectivity index (χ4n) is 4.34. The summed E-state index contributed by atoms with van der Waals surface area (Å²) in [5.74, 6) is -0.456. The van der Waals surface area contributed by atoms with Gasteiger partial charge in [-0.1, -0.05) is 13.8 Å². The normalized spacial score (nSPS) is 20.9. The Balaban J connectivity index is 1.87. The van der Waals surface area contributed by atoms with Crippen molar-refractivity contribution in [3.63, 3.8) is 0 Å². The second kappa shape index (κ2) is 8.94. The predicted molar refractivity (Wildman–Crippen MR) is 116 cm³/mol. The summed E-state index contributed by atoms with van der Waals surface area (Å²) in [4.78, 5) is 15.2. The Bertz CT molecular complexity index is 1000. The molecule has 0 N–H and O–H groups in total. The highest BCUT2D eigenvalue weighted by Crippen LogP contribution is 2.33. The van der Waals surface area contributed by atoms with Crippen LogP contribution in [-0.4, -0.2) is 70.3 Å². The third-order valence-electron chi connectivity index (χ3n) is 5.98. The van der Waals surface area contributed by atoms with Crippen LogP contribution in [0.5, 0.6) is 0 Å². The molecule has 1 saturated heterocycles. The van der Waals surface area contributed by atoms with Crippen LogP contribution in [0.4, 0.5) is 5.69 Å². The van der Waals surface area contributed by atoms with Crippen molar-refractivity contribution in [2.45, 2.75) is 44.4 Å². The molecule has 1 fully saturated rings. The van der Waals surface area contributed by atoms with E-state index in [1.807, 2.05) is 13.8 Å². The van der Waals surface area contributed by atoms with Gasteiger partial charge in [-0.2, -0.15) is 4.31 Å². The van der Waals surface area contributed by atoms with Crippen LogP contribution in [0.25, 0.3) is 0 Å². The standard InChI is InChI=1S/C20H31N3O5S2/c1-4-21(5-2)30(27,28)18-10-11-19-16(14-18)8-7-13-23(19)20(24)17-9-6-12-22(15-17)29(3,25)26/h10-11,14,17H,4-9,12-13,15H2,1-3H3. The van der Waals surface area contributed by atoms with Crippen LogP contribution in [-0.2, 0) is 31.3 Å². The van der Waals surface area contributed by atoms with E-state index >= 15 is 0 Å². The van der Waals surface area contributed by atoms with Crippen LogP contribution in [0, 0.1) is 5.92 Å². The molecule has 2 heterocycles. The summed E-state index contributed by atoms with van der Waals surface area (Å²) < 4.78 is 52.3. The third kappa shape index (κ3) is 4.56. The van der Waals surface area contributed by atoms with Crippen LogP contribution < -0.4 is 4.90 Å². The number of anilines is 1. The maximum atomic E-state index is 13.2. The van der Waals surface area contributed by atoms with Crippen molar-refractivity contribution in [2.24, 2.45) is 5.92 Å². The summed E-state index contributed by atoms with van der Waals surface area (Å²) in [7, 11) is -6.89. The summed E-state index contributed by atoms with van der Waals surface area (Å²) in [6.07, 6.45) is 3.95. The van der Waals surface area contributed by atoms with E-state index in [2.05, 4.69) is 0 Å². The molecule has 0 aromatic heterocycles. The van der Waals surface area contributed by atoms with Crippen molar-refractivity contribution < 1.29 is 21.6 Å². The van der Waals surface area contributed by atoms with E-state index in [1.165, 1.54) is 14.9 Å². The Morgan fingerprint density at radius 3 is 2.43 bits per heavy atom. The maximum absolute atomic E-state index is 13.2. The number of nitrogens with zero attached hydrogens (tertiary/aromatic N) is 3. The van der Waals surface area contributed by atoms with Crippen LogP contribution in [0.2, 0.25) is 0 Å². The van der Waals surface area contributed by atoms with Gasteiger partial charge in [0.1, 0.15) is 0 Å². The van der Waals surface area contributed by atoms with Crippen molar-refractivity contribution in [1.29, 1.82) is 0 Å². The molecule has 1 aromatic carbocycles. The van der Waals surface area contributed by atoms with Gasteiger partial charge in [-0.25, -0.2) is 21.1 Å². The first-order chi connectivity index (χ1) is 14.1. The third-order valence-corrected chi connectivity index (χ3v) is 9.30. The second-order valence-electron chi connectivity index (χ2n) is 7.93. The number of aryl methyl sites for hydroxylation is 1. The lowest BCUT2D eigenvalue weighted by Crippen LogP contribution is -2.47. The first kappa shape index (κ1) is 23.2. The number of sulfonamides is 2. The van der Waals surface area contributed by atoms with E-state index in [9.17, 15) is 21.6 Å². The van der Waals surface area contributed by atoms with Gasteiger partial charge < -0.3 is 4.90 Å². The fraction of sp³-hybridized carbons (Fsp3) is 0.650. The number of fused-ring (bicyclic) bond motifs is 1. The topological polar surface area (TPSA) is 95.1 Å². The highest BCUT2D eigenvalue weighted by Gasteiger charge is 2.35. The number of piperidine rings is 1. The molecule has 10 heteroatoms. The van der Waals surface area contributed by atoms with Gasteiger partial charge in [0.2, 0.25) is 26.0 Å². The summed E-state index contributed by atoms with van der Waals surface area (Å²) >= 11 is 0. The lowest BCUT2D eigenvalue weighted by molar-refractivity contribution is -0.123. The molecule has 2 aliphatic heterocycles. The molecule has 168 valence electrons. The van der Waals surface area contributed by atoms with Crippen LogP contribution >= 0.6 is 0 Å². The zero-order chi connectivity index (χ0) is 22.1. The summed E-state index contributed by atoms with van der Waals surface area (Å²) in [6, 6.07) is 4.98. The van der Waals surface area contributed by atoms with Gasteiger partial charge in [0, 0.05) is 38.4 Å². The minimum atomic E-state index is -3.56. The Hall–Kier alpha value is -1.49. The molecule has 2 aliphatic rings. The average Bonchev–Trinajstić information content (AvgIpc) is 2.72. The fourth-order valence-corrected chi connectivity index (χ4v) is 6.76. The molecule has 1 amide bonds. The second-order valence-corrected chi connectivity index (χ2v) is 11.9. The van der Waals surface area contributed by atoms with E-state index in [4.69, 9.17) is 0 Å². The summed E-state index contributed by atoms with van der Waals surface area (Å²) in [5.41, 5.74) is 1.58. The molecule has 1 atom stereocenters. The van der Waals surface area contributed by atoms with Gasteiger partial charge in [0.05, 0.1) is 17.1 Å². The Kier molecular flexibility index (Phi) is 6.91. The van der Waals surface area contributed by atoms with Gasteiger partial charge in [-0.15, -0.1) is 0 Å². The molecule has 8 nitrogen and oxygen atoms in total. The monoisotopic (exact) mass is 457 g/mol. The minimum absolute atomic E-state index is 0.0800. The molecule has 0 aliphatic carbocycles. The van der Waals surface area contributed by atoms with Gasteiger partial charge >= 0.3 is 0 Å². The molecule has 30 heavy (non-hydrogen) atoms. The molecule has 1 unspecified atom stereocenters. The molecule has 3 rings (SSSR count). The first-order valence-electron chi connectivity index (χ1n) is 10.5. The molecule has 0 bridgehead atoms. The number of amides is 1. The molecular weight excluding hydrogens is 426 g/mol. The lowest BCUT2D eigenvalue weighted by Gasteiger charge is -2.36. The molecule has 0 saturated carbocycles. The number of carbonyl (C=O) groups excluding carboxylic acids is 1. The Labute approximate surface area is 179 Å². The lowest BCUT2D eigenvalue weighted by atomic mass is 9.95. The van der Waals surface area contributed by atoms with E-state index in [1.54, 1.807) is 23.1 Å². The highest BCUT2D eigenvalue weighted by atomic mass is 32.2. The van der Waals surface area contributed by atoms with Crippen molar-refractivity contribution in [2.75, 3.05) is 43.9 Å². The van der Waals surface area contributed by atoms with Crippen LogP contribution in [0.3, 0.4) is 0 Å². The molecule has 1 aromatic rings. The molecule has 0 radical (unpaired) electrons. The molecule has 0 spiro atoms. The minimum Gasteiger partial charge on any atom is -0.312 e. The van der Waals surface area contributed by atoms with E-state index in [-0.39, 0.29) is 23.3 Å². The smallest absolute Gasteiger partial charge is 0.243 e. The van der Waals surface area contributed by atoms with Gasteiger partial charge in [0.15, 0.2) is 0 Å². The van der Waals surface area contributed by atoms with Crippen molar-refractivity contribution in [1.82, 2.24) is 8.61 Å². The number of hydrogen-bond donors (Lipinski definition) is 0. The van der Waals surface area contributed by atoms with Crippen molar-refractivity contribution in [3.05, 3.63) is 23.8 Å². The number of hydrogen-bond acceptors (Lipinski definition) is 5. The highest BCUT2D eigenvalue weighted by molar-refractivity contribution is 7.89. The largest absolute Gasteiger partial charge is 0.312 e. The number of benzene rings is 1. The van der Waals surface area contributed by atoms with Crippen molar-refractivity contribution >= 4 is 31.6 Å². The number of carbonyl (C=O) groups is 1. The summed E-state index contributed by atoms with van der Waals surface area (Å²) in [5, 5.41) is 0. The average molecular weight is 458 g/mol. The van der Waals surface area contributed by atoms with E-state index < -0.39 is 20.0 Å². The summed E-state index contributed by atoms with van der Waals surface area (Å²) in [6.45, 7) is 5.64. The quantitative estimate of drug-likeness (QED) is 0.648. The molecular formula is C20H31N3O5S2. The SMILES string of the molecule is CCN(CC)S(=O)(=O)c1ccc2c(c1)CCCN2C(=O)C1CCCN(S(C)(=O)=O)C1. The zero-order valence-electron chi connectivity index (χ0n) is 17.9. The van der Waals surface area contributed by atoms with Crippen LogP contribution in [0.1, 0.15) is 38.7 Å². The van der Waals surface area contributed by atoms with Crippen LogP contribution in [0.15, 0.2) is 23.1 Å². The van der Waals surface area contributed by atoms with Gasteiger partial charge in [-0.05, 0) is 49.4 Å². The predicted octanol–water partition coefficient (Wildman–Crippen LogP) is 1.67. The number of rotatable bonds is 6. The Morgan fingerprint density at radius 2 is 1.80 bits per heavy atom. The zero-order valence-corrected chi connectivity index (χ0v) is 19.5. The first-order valence-corrected chi connectivity index (χ1v) is 13.8. The van der Waals surface area contributed by atoms with Crippen molar-refractivity contribution in [3.8, 4) is 0 Å². The van der Waals surface area contributed by atoms with E-state index in [0.29, 0.717) is 45.4 Å². The van der Waals surface area contributed by atoms with Gasteiger partial charge in [0.25, 0.3) is 0 Å².